The first-order chi connectivity index (χ1) is 10.2. The summed E-state index contributed by atoms with van der Waals surface area (Å²) in [6.07, 6.45) is 3.12. The van der Waals surface area contributed by atoms with Gasteiger partial charge in [0.15, 0.2) is 0 Å². The number of hydrogen-bond donors (Lipinski definition) is 2. The Morgan fingerprint density at radius 3 is 2.59 bits per heavy atom. The molecule has 124 valence electrons. The summed E-state index contributed by atoms with van der Waals surface area (Å²) >= 11 is 0. The Balaban J connectivity index is 0.00000242. The van der Waals surface area contributed by atoms with Crippen LogP contribution in [0.25, 0.3) is 0 Å². The molecule has 0 spiro atoms. The molecule has 0 radical (unpaired) electrons. The lowest BCUT2D eigenvalue weighted by Crippen LogP contribution is -2.37. The van der Waals surface area contributed by atoms with Gasteiger partial charge in [0.2, 0.25) is 5.91 Å². The van der Waals surface area contributed by atoms with Gasteiger partial charge in [-0.2, -0.15) is 0 Å². The molecule has 1 aliphatic carbocycles. The number of halogens is 1. The highest BCUT2D eigenvalue weighted by atomic mass is 35.5. The maximum atomic E-state index is 12.1. The van der Waals surface area contributed by atoms with E-state index in [2.05, 4.69) is 5.32 Å². The van der Waals surface area contributed by atoms with Crippen molar-refractivity contribution in [3.05, 3.63) is 24.3 Å². The number of nitrogens with two attached hydrogens (primary N) is 1. The summed E-state index contributed by atoms with van der Waals surface area (Å²) in [4.78, 5) is 12.1. The molecule has 1 aliphatic rings. The first kappa shape index (κ1) is 18.6. The van der Waals surface area contributed by atoms with Crippen LogP contribution in [0.2, 0.25) is 0 Å². The molecule has 0 aliphatic heterocycles. The van der Waals surface area contributed by atoms with E-state index in [0.29, 0.717) is 25.6 Å². The van der Waals surface area contributed by atoms with Crippen LogP contribution in [-0.2, 0) is 4.79 Å². The lowest BCUT2D eigenvalue weighted by molar-refractivity contribution is -0.126. The van der Waals surface area contributed by atoms with Crippen LogP contribution in [-0.4, -0.2) is 32.7 Å². The van der Waals surface area contributed by atoms with E-state index in [9.17, 15) is 4.79 Å². The molecule has 22 heavy (non-hydrogen) atoms. The van der Waals surface area contributed by atoms with Crippen molar-refractivity contribution in [1.29, 1.82) is 0 Å². The second-order valence-corrected chi connectivity index (χ2v) is 5.35. The van der Waals surface area contributed by atoms with E-state index >= 15 is 0 Å². The molecule has 5 nitrogen and oxygen atoms in total. The second-order valence-electron chi connectivity index (χ2n) is 5.35. The van der Waals surface area contributed by atoms with Crippen molar-refractivity contribution in [2.45, 2.75) is 19.3 Å². The minimum absolute atomic E-state index is 0. The zero-order valence-electron chi connectivity index (χ0n) is 12.9. The van der Waals surface area contributed by atoms with E-state index in [0.717, 1.165) is 30.8 Å². The zero-order chi connectivity index (χ0) is 15.1. The minimum atomic E-state index is 0. The van der Waals surface area contributed by atoms with Crippen molar-refractivity contribution in [3.63, 3.8) is 0 Å². The topological polar surface area (TPSA) is 73.6 Å². The van der Waals surface area contributed by atoms with Gasteiger partial charge in [-0.3, -0.25) is 4.79 Å². The van der Waals surface area contributed by atoms with Crippen LogP contribution in [0.4, 0.5) is 0 Å². The number of carbonyl (C=O) groups is 1. The summed E-state index contributed by atoms with van der Waals surface area (Å²) in [5, 5.41) is 2.94. The van der Waals surface area contributed by atoms with E-state index in [1.807, 2.05) is 24.3 Å². The van der Waals surface area contributed by atoms with E-state index in [-0.39, 0.29) is 24.2 Å². The first-order valence-electron chi connectivity index (χ1n) is 7.49. The molecule has 2 atom stereocenters. The van der Waals surface area contributed by atoms with Crippen molar-refractivity contribution in [1.82, 2.24) is 5.32 Å². The van der Waals surface area contributed by atoms with Gasteiger partial charge in [-0.1, -0.05) is 6.42 Å². The van der Waals surface area contributed by atoms with Gasteiger partial charge in [0.05, 0.1) is 13.7 Å². The maximum Gasteiger partial charge on any atom is 0.223 e. The summed E-state index contributed by atoms with van der Waals surface area (Å²) in [6.45, 7) is 1.57. The molecular weight excluding hydrogens is 304 g/mol. The third-order valence-electron chi connectivity index (χ3n) is 4.03. The third-order valence-corrected chi connectivity index (χ3v) is 4.03. The lowest BCUT2D eigenvalue weighted by Gasteiger charge is -2.17. The molecule has 0 aromatic heterocycles. The van der Waals surface area contributed by atoms with E-state index in [4.69, 9.17) is 15.2 Å². The standard InChI is InChI=1S/C16H24N2O3.ClH/c1-20-13-5-7-14(8-6-13)21-10-9-18-16(19)15-4-2-3-12(15)11-17;/h5-8,12,15H,2-4,9-11,17H2,1H3,(H,18,19);1H/t12-,15-;/m1./s1. The molecule has 0 heterocycles. The van der Waals surface area contributed by atoms with Crippen LogP contribution in [0, 0.1) is 11.8 Å². The molecule has 1 amide bonds. The van der Waals surface area contributed by atoms with Crippen molar-refractivity contribution < 1.29 is 14.3 Å². The fraction of sp³-hybridized carbons (Fsp3) is 0.562. The largest absolute Gasteiger partial charge is 0.497 e. The van der Waals surface area contributed by atoms with Crippen molar-refractivity contribution >= 4 is 18.3 Å². The first-order valence-corrected chi connectivity index (χ1v) is 7.49. The fourth-order valence-electron chi connectivity index (χ4n) is 2.81. The summed E-state index contributed by atoms with van der Waals surface area (Å²) in [7, 11) is 1.63. The van der Waals surface area contributed by atoms with E-state index < -0.39 is 0 Å². The SMILES string of the molecule is COc1ccc(OCCNC(=O)[C@@H]2CCC[C@@H]2CN)cc1.Cl. The molecule has 0 saturated heterocycles. The van der Waals surface area contributed by atoms with Crippen LogP contribution in [0.15, 0.2) is 24.3 Å². The molecule has 1 aromatic carbocycles. The number of amides is 1. The Morgan fingerprint density at radius 1 is 1.27 bits per heavy atom. The maximum absolute atomic E-state index is 12.1. The fourth-order valence-corrected chi connectivity index (χ4v) is 2.81. The van der Waals surface area contributed by atoms with E-state index in [1.54, 1.807) is 7.11 Å². The van der Waals surface area contributed by atoms with Gasteiger partial charge >= 0.3 is 0 Å². The zero-order valence-corrected chi connectivity index (χ0v) is 13.7. The van der Waals surface area contributed by atoms with Crippen LogP contribution in [0.3, 0.4) is 0 Å². The highest BCUT2D eigenvalue weighted by molar-refractivity contribution is 5.85. The summed E-state index contributed by atoms with van der Waals surface area (Å²) < 4.78 is 10.7. The normalized spacial score (nSPS) is 20.1. The summed E-state index contributed by atoms with van der Waals surface area (Å²) in [6, 6.07) is 7.39. The molecule has 6 heteroatoms. The quantitative estimate of drug-likeness (QED) is 0.751. The van der Waals surface area contributed by atoms with Crippen molar-refractivity contribution in [2.24, 2.45) is 17.6 Å². The van der Waals surface area contributed by atoms with Gasteiger partial charge < -0.3 is 20.5 Å². The predicted octanol–water partition coefficient (Wildman–Crippen LogP) is 1.99. The highest BCUT2D eigenvalue weighted by Gasteiger charge is 2.31. The highest BCUT2D eigenvalue weighted by Crippen LogP contribution is 2.30. The number of nitrogens with one attached hydrogen (secondary N) is 1. The Hall–Kier alpha value is -1.46. The number of carbonyl (C=O) groups excluding carboxylic acids is 1. The Kier molecular flexibility index (Phi) is 8.06. The second kappa shape index (κ2) is 9.54. The summed E-state index contributed by atoms with van der Waals surface area (Å²) in [5.74, 6) is 2.10. The molecular formula is C16H25ClN2O3. The monoisotopic (exact) mass is 328 g/mol. The predicted molar refractivity (Wildman–Crippen MR) is 88.6 cm³/mol. The Morgan fingerprint density at radius 2 is 1.95 bits per heavy atom. The molecule has 0 bridgehead atoms. The van der Waals surface area contributed by atoms with E-state index in [1.165, 1.54) is 0 Å². The smallest absolute Gasteiger partial charge is 0.223 e. The molecule has 1 aromatic rings. The summed E-state index contributed by atoms with van der Waals surface area (Å²) in [5.41, 5.74) is 5.70. The molecule has 0 unspecified atom stereocenters. The molecule has 1 fully saturated rings. The number of benzene rings is 1. The number of rotatable bonds is 7. The molecule has 1 saturated carbocycles. The van der Waals surface area contributed by atoms with Gasteiger partial charge in [-0.25, -0.2) is 0 Å². The van der Waals surface area contributed by atoms with Gasteiger partial charge in [0.1, 0.15) is 18.1 Å². The van der Waals surface area contributed by atoms with Crippen LogP contribution < -0.4 is 20.5 Å². The van der Waals surface area contributed by atoms with Gasteiger partial charge in [-0.15, -0.1) is 12.4 Å². The van der Waals surface area contributed by atoms with Crippen molar-refractivity contribution in [3.8, 4) is 11.5 Å². The van der Waals surface area contributed by atoms with Crippen LogP contribution in [0.1, 0.15) is 19.3 Å². The average molecular weight is 329 g/mol. The van der Waals surface area contributed by atoms with Crippen LogP contribution >= 0.6 is 12.4 Å². The Bertz CT molecular complexity index is 453. The van der Waals surface area contributed by atoms with Crippen LogP contribution in [0.5, 0.6) is 11.5 Å². The molecule has 2 rings (SSSR count). The average Bonchev–Trinajstić information content (AvgIpc) is 3.00. The number of hydrogen-bond acceptors (Lipinski definition) is 4. The molecule has 3 N–H and O–H groups in total. The van der Waals surface area contributed by atoms with Crippen molar-refractivity contribution in [2.75, 3.05) is 26.8 Å². The number of ether oxygens (including phenoxy) is 2. The Labute approximate surface area is 138 Å². The third kappa shape index (κ3) is 5.07. The van der Waals surface area contributed by atoms with Gasteiger partial charge in [0.25, 0.3) is 0 Å². The number of methoxy groups -OCH3 is 1. The van der Waals surface area contributed by atoms with Gasteiger partial charge in [-0.05, 0) is 49.6 Å². The lowest BCUT2D eigenvalue weighted by atomic mass is 9.95. The minimum Gasteiger partial charge on any atom is -0.497 e. The van der Waals surface area contributed by atoms with Gasteiger partial charge in [0, 0.05) is 5.92 Å².